The summed E-state index contributed by atoms with van der Waals surface area (Å²) in [6.07, 6.45) is 7.86. The topological polar surface area (TPSA) is 37.3 Å². The second-order valence-electron chi connectivity index (χ2n) is 6.62. The summed E-state index contributed by atoms with van der Waals surface area (Å²) in [5.74, 6) is 0.854. The van der Waals surface area contributed by atoms with Crippen molar-refractivity contribution in [1.82, 2.24) is 0 Å². The molecule has 0 bridgehead atoms. The van der Waals surface area contributed by atoms with E-state index in [0.29, 0.717) is 11.7 Å². The van der Waals surface area contributed by atoms with Crippen LogP contribution in [0.4, 0.5) is 0 Å². The smallest absolute Gasteiger partial charge is 0.142 e. The highest BCUT2D eigenvalue weighted by Crippen LogP contribution is 2.38. The highest BCUT2D eigenvalue weighted by Gasteiger charge is 2.41. The molecule has 0 aromatic carbocycles. The van der Waals surface area contributed by atoms with Gasteiger partial charge in [0.15, 0.2) is 0 Å². The van der Waals surface area contributed by atoms with Crippen molar-refractivity contribution >= 4 is 5.78 Å². The van der Waals surface area contributed by atoms with Crippen molar-refractivity contribution in [3.05, 3.63) is 0 Å². The largest absolute Gasteiger partial charge is 0.390 e. The van der Waals surface area contributed by atoms with E-state index in [-0.39, 0.29) is 11.8 Å². The van der Waals surface area contributed by atoms with Crippen LogP contribution in [0.5, 0.6) is 0 Å². The molecule has 3 atom stereocenters. The average Bonchev–Trinajstić information content (AvgIpc) is 2.26. The summed E-state index contributed by atoms with van der Waals surface area (Å²) in [4.78, 5) is 12.5. The zero-order valence-electron chi connectivity index (χ0n) is 12.5. The van der Waals surface area contributed by atoms with E-state index in [4.69, 9.17) is 0 Å². The number of aliphatic hydroxyl groups is 1. The maximum Gasteiger partial charge on any atom is 0.142 e. The van der Waals surface area contributed by atoms with Gasteiger partial charge in [0.05, 0.1) is 5.60 Å². The lowest BCUT2D eigenvalue weighted by molar-refractivity contribution is -0.140. The Morgan fingerprint density at radius 3 is 2.44 bits per heavy atom. The molecule has 18 heavy (non-hydrogen) atoms. The molecule has 2 nitrogen and oxygen atoms in total. The zero-order chi connectivity index (χ0) is 13.8. The van der Waals surface area contributed by atoms with Gasteiger partial charge in [-0.3, -0.25) is 4.79 Å². The van der Waals surface area contributed by atoms with Crippen LogP contribution in [0, 0.1) is 17.8 Å². The zero-order valence-corrected chi connectivity index (χ0v) is 12.5. The second kappa shape index (κ2) is 6.70. The van der Waals surface area contributed by atoms with Crippen molar-refractivity contribution in [3.63, 3.8) is 0 Å². The Morgan fingerprint density at radius 1 is 1.22 bits per heavy atom. The van der Waals surface area contributed by atoms with E-state index in [0.717, 1.165) is 25.7 Å². The Morgan fingerprint density at radius 2 is 1.89 bits per heavy atom. The Kier molecular flexibility index (Phi) is 5.84. The van der Waals surface area contributed by atoms with Gasteiger partial charge in [-0.2, -0.15) is 0 Å². The lowest BCUT2D eigenvalue weighted by atomic mass is 9.67. The Hall–Kier alpha value is -0.370. The third-order valence-corrected chi connectivity index (χ3v) is 4.53. The van der Waals surface area contributed by atoms with Crippen LogP contribution in [-0.2, 0) is 4.79 Å². The van der Waals surface area contributed by atoms with Gasteiger partial charge in [0, 0.05) is 11.8 Å². The molecule has 1 fully saturated rings. The van der Waals surface area contributed by atoms with E-state index in [9.17, 15) is 9.90 Å². The van der Waals surface area contributed by atoms with Gasteiger partial charge in [-0.15, -0.1) is 0 Å². The quantitative estimate of drug-likeness (QED) is 0.728. The fraction of sp³-hybridized carbons (Fsp3) is 0.938. The van der Waals surface area contributed by atoms with E-state index < -0.39 is 5.60 Å². The molecule has 0 amide bonds. The molecule has 0 radical (unpaired) electrons. The van der Waals surface area contributed by atoms with Crippen molar-refractivity contribution in [2.45, 2.75) is 78.2 Å². The maximum atomic E-state index is 12.5. The first-order valence-electron chi connectivity index (χ1n) is 7.64. The molecule has 1 rings (SSSR count). The first-order valence-corrected chi connectivity index (χ1v) is 7.64. The molecule has 1 saturated carbocycles. The minimum atomic E-state index is -0.848. The number of ketones is 1. The van der Waals surface area contributed by atoms with Crippen LogP contribution in [0.2, 0.25) is 0 Å². The van der Waals surface area contributed by atoms with Crippen molar-refractivity contribution in [2.75, 3.05) is 0 Å². The molecule has 0 aromatic rings. The number of unbranched alkanes of at least 4 members (excludes halogenated alkanes) is 3. The summed E-state index contributed by atoms with van der Waals surface area (Å²) >= 11 is 0. The van der Waals surface area contributed by atoms with E-state index >= 15 is 0 Å². The van der Waals surface area contributed by atoms with Crippen LogP contribution in [-0.4, -0.2) is 16.5 Å². The van der Waals surface area contributed by atoms with Crippen LogP contribution < -0.4 is 0 Å². The Labute approximate surface area is 112 Å². The van der Waals surface area contributed by atoms with Gasteiger partial charge in [-0.25, -0.2) is 0 Å². The van der Waals surface area contributed by atoms with Gasteiger partial charge in [0.1, 0.15) is 5.78 Å². The SMILES string of the molecule is CCCCCCC1C(=O)C(C(C)(C)O)CCC1C. The Bertz CT molecular complexity index is 265. The Balaban J connectivity index is 2.55. The molecule has 2 heteroatoms. The number of carbonyl (C=O) groups excluding carboxylic acids is 1. The summed E-state index contributed by atoms with van der Waals surface area (Å²) in [6.45, 7) is 7.96. The summed E-state index contributed by atoms with van der Waals surface area (Å²) < 4.78 is 0. The first kappa shape index (κ1) is 15.7. The highest BCUT2D eigenvalue weighted by molar-refractivity contribution is 5.85. The number of rotatable bonds is 6. The molecule has 0 aliphatic heterocycles. The fourth-order valence-corrected chi connectivity index (χ4v) is 3.23. The minimum absolute atomic E-state index is 0.148. The lowest BCUT2D eigenvalue weighted by Gasteiger charge is -2.38. The van der Waals surface area contributed by atoms with Gasteiger partial charge in [-0.1, -0.05) is 39.5 Å². The van der Waals surface area contributed by atoms with Gasteiger partial charge in [0.25, 0.3) is 0 Å². The molecule has 3 unspecified atom stereocenters. The summed E-state index contributed by atoms with van der Waals surface area (Å²) in [5, 5.41) is 10.1. The predicted octanol–water partition coefficient (Wildman–Crippen LogP) is 3.96. The molecule has 0 aromatic heterocycles. The fourth-order valence-electron chi connectivity index (χ4n) is 3.23. The van der Waals surface area contributed by atoms with Crippen molar-refractivity contribution < 1.29 is 9.90 Å². The van der Waals surface area contributed by atoms with E-state index in [1.807, 2.05) is 0 Å². The summed E-state index contributed by atoms with van der Waals surface area (Å²) in [7, 11) is 0. The maximum absolute atomic E-state index is 12.5. The number of hydrogen-bond donors (Lipinski definition) is 1. The van der Waals surface area contributed by atoms with E-state index in [1.54, 1.807) is 13.8 Å². The molecule has 106 valence electrons. The molecule has 1 aliphatic rings. The number of hydrogen-bond acceptors (Lipinski definition) is 2. The van der Waals surface area contributed by atoms with Crippen LogP contribution in [0.3, 0.4) is 0 Å². The molecule has 0 saturated heterocycles. The van der Waals surface area contributed by atoms with E-state index in [1.165, 1.54) is 19.3 Å². The standard InChI is InChI=1S/C16H30O2/c1-5-6-7-8-9-13-12(2)10-11-14(15(13)17)16(3,4)18/h12-14,18H,5-11H2,1-4H3. The molecule has 0 spiro atoms. The van der Waals surface area contributed by atoms with Crippen LogP contribution >= 0.6 is 0 Å². The van der Waals surface area contributed by atoms with Crippen molar-refractivity contribution in [1.29, 1.82) is 0 Å². The predicted molar refractivity (Wildman–Crippen MR) is 75.4 cm³/mol. The van der Waals surface area contributed by atoms with Crippen molar-refractivity contribution in [3.8, 4) is 0 Å². The minimum Gasteiger partial charge on any atom is -0.390 e. The van der Waals surface area contributed by atoms with Crippen LogP contribution in [0.15, 0.2) is 0 Å². The lowest BCUT2D eigenvalue weighted by Crippen LogP contribution is -2.44. The molecule has 0 heterocycles. The first-order chi connectivity index (χ1) is 8.38. The third kappa shape index (κ3) is 4.08. The van der Waals surface area contributed by atoms with Gasteiger partial charge < -0.3 is 5.11 Å². The monoisotopic (exact) mass is 254 g/mol. The molecular weight excluding hydrogens is 224 g/mol. The van der Waals surface area contributed by atoms with Gasteiger partial charge in [0.2, 0.25) is 0 Å². The number of carbonyl (C=O) groups is 1. The van der Waals surface area contributed by atoms with Crippen LogP contribution in [0.1, 0.15) is 72.6 Å². The van der Waals surface area contributed by atoms with Crippen molar-refractivity contribution in [2.24, 2.45) is 17.8 Å². The third-order valence-electron chi connectivity index (χ3n) is 4.53. The molecule has 1 N–H and O–H groups in total. The number of Topliss-reactive ketones (excluding diaryl/α,β-unsaturated/α-hetero) is 1. The van der Waals surface area contributed by atoms with Gasteiger partial charge in [-0.05, 0) is 39.0 Å². The molecular formula is C16H30O2. The molecule has 1 aliphatic carbocycles. The van der Waals surface area contributed by atoms with Crippen LogP contribution in [0.25, 0.3) is 0 Å². The summed E-state index contributed by atoms with van der Waals surface area (Å²) in [6, 6.07) is 0. The second-order valence-corrected chi connectivity index (χ2v) is 6.62. The normalized spacial score (nSPS) is 29.6. The van der Waals surface area contributed by atoms with Gasteiger partial charge >= 0.3 is 0 Å². The average molecular weight is 254 g/mol. The van der Waals surface area contributed by atoms with E-state index in [2.05, 4.69) is 13.8 Å². The summed E-state index contributed by atoms with van der Waals surface area (Å²) in [5.41, 5.74) is -0.848. The highest BCUT2D eigenvalue weighted by atomic mass is 16.3.